The molecule has 10 atom stereocenters. The Balaban J connectivity index is 1.35. The molecule has 0 amide bonds. The minimum absolute atomic E-state index is 0.00440. The summed E-state index contributed by atoms with van der Waals surface area (Å²) in [5.41, 5.74) is -1.98. The van der Waals surface area contributed by atoms with Crippen LogP contribution in [0.2, 0.25) is 0 Å². The Morgan fingerprint density at radius 3 is 1.02 bits per heavy atom. The van der Waals surface area contributed by atoms with Crippen molar-refractivity contribution in [2.75, 3.05) is 0 Å². The summed E-state index contributed by atoms with van der Waals surface area (Å²) < 4.78 is 148. The first-order chi connectivity index (χ1) is 21.5. The van der Waals surface area contributed by atoms with E-state index in [9.17, 15) is 26.3 Å². The second kappa shape index (κ2) is 11.7. The zero-order valence-electron chi connectivity index (χ0n) is 23.9. The van der Waals surface area contributed by atoms with Crippen molar-refractivity contribution < 1.29 is 43.9 Å². The number of nitrogens with one attached hydrogen (secondary N) is 4. The number of hydrogen-bond donors (Lipinski definition) is 4. The van der Waals surface area contributed by atoms with Gasteiger partial charge in [0.25, 0.3) is 0 Å². The van der Waals surface area contributed by atoms with Crippen LogP contribution in [0.4, 0.5) is 43.9 Å². The third-order valence-electron chi connectivity index (χ3n) is 10.9. The number of fused-ring (bicyclic) bond motifs is 9. The maximum Gasteiger partial charge on any atom is 0.200 e. The third kappa shape index (κ3) is 5.05. The fourth-order valence-electron chi connectivity index (χ4n) is 8.98. The molecule has 8 bridgehead atoms. The van der Waals surface area contributed by atoms with Gasteiger partial charge in [0.15, 0.2) is 46.5 Å². The Kier molecular flexibility index (Phi) is 8.09. The second-order valence-corrected chi connectivity index (χ2v) is 13.3. The summed E-state index contributed by atoms with van der Waals surface area (Å²) in [7, 11) is 0. The molecule has 0 aromatic heterocycles. The van der Waals surface area contributed by atoms with Crippen LogP contribution in [-0.2, 0) is 0 Å². The summed E-state index contributed by atoms with van der Waals surface area (Å²) in [6.45, 7) is 0. The molecule has 10 unspecified atom stereocenters. The fourth-order valence-corrected chi connectivity index (χ4v) is 8.98. The van der Waals surface area contributed by atoms with Gasteiger partial charge in [0.2, 0.25) is 11.6 Å². The highest BCUT2D eigenvalue weighted by molar-refractivity contribution is 5.34. The molecular weight excluding hydrogens is 618 g/mol. The minimum atomic E-state index is -2.28. The molecule has 4 N–H and O–H groups in total. The molecule has 246 valence electrons. The van der Waals surface area contributed by atoms with Crippen LogP contribution in [0.15, 0.2) is 0 Å². The van der Waals surface area contributed by atoms with Gasteiger partial charge in [0, 0.05) is 71.3 Å². The predicted molar refractivity (Wildman–Crippen MR) is 142 cm³/mol. The topological polar surface area (TPSA) is 48.1 Å². The molecule has 7 rings (SSSR count). The van der Waals surface area contributed by atoms with E-state index in [0.717, 1.165) is 12.8 Å². The summed E-state index contributed by atoms with van der Waals surface area (Å²) in [5.74, 6) is -23.3. The van der Waals surface area contributed by atoms with Crippen molar-refractivity contribution in [2.45, 2.75) is 118 Å². The van der Waals surface area contributed by atoms with Crippen LogP contribution in [0, 0.1) is 58.2 Å². The van der Waals surface area contributed by atoms with Gasteiger partial charge < -0.3 is 21.3 Å². The summed E-state index contributed by atoms with van der Waals surface area (Å²) in [6, 6.07) is -3.48. The van der Waals surface area contributed by atoms with E-state index in [1.165, 1.54) is 0 Å². The zero-order chi connectivity index (χ0) is 31.9. The molecule has 0 spiro atoms. The van der Waals surface area contributed by atoms with E-state index in [1.807, 2.05) is 0 Å². The molecule has 45 heavy (non-hydrogen) atoms. The van der Waals surface area contributed by atoms with E-state index in [2.05, 4.69) is 21.3 Å². The fraction of sp³-hybridized carbons (Fsp3) is 0.613. The van der Waals surface area contributed by atoms with Crippen LogP contribution >= 0.6 is 0 Å². The van der Waals surface area contributed by atoms with Crippen LogP contribution in [0.3, 0.4) is 0 Å². The average Bonchev–Trinajstić information content (AvgIpc) is 3.85. The van der Waals surface area contributed by atoms with Crippen LogP contribution in [-0.4, -0.2) is 48.3 Å². The van der Waals surface area contributed by atoms with Gasteiger partial charge in [0.05, 0.1) is 0 Å². The van der Waals surface area contributed by atoms with E-state index in [-0.39, 0.29) is 37.0 Å². The van der Waals surface area contributed by atoms with Crippen molar-refractivity contribution in [1.29, 1.82) is 0 Å². The minimum Gasteiger partial charge on any atom is -0.310 e. The van der Waals surface area contributed by atoms with Crippen molar-refractivity contribution in [2.24, 2.45) is 0 Å². The largest absolute Gasteiger partial charge is 0.310 e. The molecular formula is C31H32F10N4. The van der Waals surface area contributed by atoms with Gasteiger partial charge in [-0.15, -0.1) is 0 Å². The van der Waals surface area contributed by atoms with E-state index in [4.69, 9.17) is 0 Å². The van der Waals surface area contributed by atoms with Gasteiger partial charge >= 0.3 is 0 Å². The van der Waals surface area contributed by atoms with Gasteiger partial charge in [-0.05, 0) is 57.8 Å². The Bertz CT molecular complexity index is 1450. The first-order valence-corrected chi connectivity index (χ1v) is 15.5. The molecule has 5 fully saturated rings. The highest BCUT2D eigenvalue weighted by Crippen LogP contribution is 2.45. The van der Waals surface area contributed by atoms with Crippen molar-refractivity contribution in [3.05, 3.63) is 69.3 Å². The van der Waals surface area contributed by atoms with Crippen LogP contribution in [0.5, 0.6) is 0 Å². The Morgan fingerprint density at radius 2 is 0.578 bits per heavy atom. The third-order valence-corrected chi connectivity index (χ3v) is 10.9. The molecule has 5 aliphatic rings. The molecule has 0 saturated carbocycles. The average molecular weight is 651 g/mol. The van der Waals surface area contributed by atoms with Crippen LogP contribution in [0.25, 0.3) is 0 Å². The highest BCUT2D eigenvalue weighted by Gasteiger charge is 2.49. The lowest BCUT2D eigenvalue weighted by Crippen LogP contribution is -2.50. The lowest BCUT2D eigenvalue weighted by molar-refractivity contribution is 0.298. The summed E-state index contributed by atoms with van der Waals surface area (Å²) in [4.78, 5) is 0. The number of hydrogen-bond acceptors (Lipinski definition) is 4. The normalized spacial score (nSPS) is 36.4. The van der Waals surface area contributed by atoms with E-state index >= 15 is 17.6 Å². The summed E-state index contributed by atoms with van der Waals surface area (Å²) >= 11 is 0. The molecule has 14 heteroatoms. The molecule has 2 aromatic carbocycles. The highest BCUT2D eigenvalue weighted by atomic mass is 19.2. The Morgan fingerprint density at radius 1 is 0.311 bits per heavy atom. The predicted octanol–water partition coefficient (Wildman–Crippen LogP) is 5.83. The quantitative estimate of drug-likeness (QED) is 0.188. The zero-order valence-corrected chi connectivity index (χ0v) is 23.9. The molecule has 0 aliphatic carbocycles. The van der Waals surface area contributed by atoms with Gasteiger partial charge in [-0.25, -0.2) is 43.9 Å². The Hall–Kier alpha value is -2.42. The van der Waals surface area contributed by atoms with Gasteiger partial charge in [-0.3, -0.25) is 0 Å². The van der Waals surface area contributed by atoms with E-state index in [1.54, 1.807) is 0 Å². The molecule has 5 aliphatic heterocycles. The second-order valence-electron chi connectivity index (χ2n) is 13.3. The van der Waals surface area contributed by atoms with E-state index < -0.39 is 105 Å². The number of benzene rings is 2. The molecule has 2 aromatic rings. The van der Waals surface area contributed by atoms with Gasteiger partial charge in [-0.1, -0.05) is 0 Å². The lowest BCUT2D eigenvalue weighted by atomic mass is 9.82. The molecule has 5 saturated heterocycles. The van der Waals surface area contributed by atoms with Crippen LogP contribution < -0.4 is 21.3 Å². The Labute approximate surface area is 252 Å². The molecule has 5 heterocycles. The van der Waals surface area contributed by atoms with Crippen molar-refractivity contribution >= 4 is 0 Å². The maximum atomic E-state index is 15.4. The first-order valence-electron chi connectivity index (χ1n) is 15.5. The van der Waals surface area contributed by atoms with Gasteiger partial charge in [0.1, 0.15) is 0 Å². The first kappa shape index (κ1) is 31.2. The molecule has 4 nitrogen and oxygen atoms in total. The monoisotopic (exact) mass is 650 g/mol. The van der Waals surface area contributed by atoms with Crippen molar-refractivity contribution in [3.63, 3.8) is 0 Å². The summed E-state index contributed by atoms with van der Waals surface area (Å²) in [6.07, 6.45) is 4.33. The van der Waals surface area contributed by atoms with E-state index in [0.29, 0.717) is 32.1 Å². The molecule has 0 radical (unpaired) electrons. The maximum absolute atomic E-state index is 15.4. The lowest BCUT2D eigenvalue weighted by Gasteiger charge is -2.35. The standard InChI is InChI=1S/C31H32F10N4/c32-22-20(23(33)27(37)30(40)26(22)36)18-14-4-2-11(43-14)9-10-1-3-12(42-10)13-5-6-15(44-13)19(17-8-7-16(18)45-17)21-24(34)28(38)31(41)29(39)25(21)35/h10-19,42-45H,1-9H2. The smallest absolute Gasteiger partial charge is 0.200 e. The number of rotatable bonds is 2. The van der Waals surface area contributed by atoms with Gasteiger partial charge in [-0.2, -0.15) is 0 Å². The van der Waals surface area contributed by atoms with Crippen molar-refractivity contribution in [3.8, 4) is 0 Å². The van der Waals surface area contributed by atoms with Crippen LogP contribution in [0.1, 0.15) is 80.8 Å². The summed E-state index contributed by atoms with van der Waals surface area (Å²) in [5, 5.41) is 13.5. The van der Waals surface area contributed by atoms with Crippen molar-refractivity contribution in [1.82, 2.24) is 21.3 Å². The number of halogens is 10. The SMILES string of the molecule is Fc1c(F)c(F)c(C2C3CCC(CC4CCC(N4)C4CCC(N4)C(c4c(F)c(F)c(F)c(F)c4F)C4CCC2N4)N3)c(F)c1F.